The third kappa shape index (κ3) is 3.33. The molecule has 0 spiro atoms. The molecule has 130 valence electrons. The normalized spacial score (nSPS) is 15.7. The Bertz CT molecular complexity index is 926. The first-order valence-corrected chi connectivity index (χ1v) is 9.23. The van der Waals surface area contributed by atoms with Crippen molar-refractivity contribution in [2.45, 2.75) is 38.6 Å². The van der Waals surface area contributed by atoms with Crippen molar-refractivity contribution in [2.75, 3.05) is 0 Å². The molecule has 1 amide bonds. The van der Waals surface area contributed by atoms with E-state index in [1.807, 2.05) is 38.1 Å². The average Bonchev–Trinajstić information content (AvgIpc) is 3.16. The van der Waals surface area contributed by atoms with Gasteiger partial charge in [0, 0.05) is 21.3 Å². The van der Waals surface area contributed by atoms with Crippen LogP contribution in [0.25, 0.3) is 10.9 Å². The summed E-state index contributed by atoms with van der Waals surface area (Å²) in [6.45, 7) is 4.04. The highest BCUT2D eigenvalue weighted by Gasteiger charge is 2.31. The van der Waals surface area contributed by atoms with E-state index in [0.29, 0.717) is 17.5 Å². The summed E-state index contributed by atoms with van der Waals surface area (Å²) in [5.74, 6) is 1.61. The van der Waals surface area contributed by atoms with Gasteiger partial charge in [-0.1, -0.05) is 41.0 Å². The zero-order chi connectivity index (χ0) is 17.6. The second-order valence-corrected chi connectivity index (χ2v) is 7.79. The fourth-order valence-corrected chi connectivity index (χ4v) is 3.20. The number of fused-ring (bicyclic) bond motifs is 1. The molecule has 0 radical (unpaired) electrons. The van der Waals surface area contributed by atoms with Gasteiger partial charge >= 0.3 is 0 Å². The Morgan fingerprint density at radius 2 is 2.16 bits per heavy atom. The first-order chi connectivity index (χ1) is 12.0. The fraction of sp³-hybridized carbons (Fsp3) is 0.389. The summed E-state index contributed by atoms with van der Waals surface area (Å²) in [7, 11) is 0. The number of aromatic nitrogens is 3. The highest BCUT2D eigenvalue weighted by atomic mass is 79.9. The van der Waals surface area contributed by atoms with Gasteiger partial charge in [-0.05, 0) is 37.0 Å². The summed E-state index contributed by atoms with van der Waals surface area (Å²) in [5, 5.41) is 8.06. The number of amides is 1. The van der Waals surface area contributed by atoms with Crippen molar-refractivity contribution in [3.05, 3.63) is 46.1 Å². The van der Waals surface area contributed by atoms with E-state index in [1.165, 1.54) is 0 Å². The van der Waals surface area contributed by atoms with E-state index in [-0.39, 0.29) is 17.9 Å². The van der Waals surface area contributed by atoms with Gasteiger partial charge in [-0.2, -0.15) is 4.98 Å². The van der Waals surface area contributed by atoms with Crippen LogP contribution in [-0.4, -0.2) is 21.0 Å². The molecule has 0 aliphatic heterocycles. The van der Waals surface area contributed by atoms with E-state index >= 15 is 0 Å². The quantitative estimate of drug-likeness (QED) is 0.665. The minimum atomic E-state index is -0.314. The van der Waals surface area contributed by atoms with Crippen LogP contribution in [-0.2, 0) is 0 Å². The molecular formula is C18H19BrN4O2. The summed E-state index contributed by atoms with van der Waals surface area (Å²) >= 11 is 3.44. The van der Waals surface area contributed by atoms with Crippen molar-refractivity contribution in [3.63, 3.8) is 0 Å². The largest absolute Gasteiger partial charge is 0.350 e. The lowest BCUT2D eigenvalue weighted by Crippen LogP contribution is -2.32. The van der Waals surface area contributed by atoms with Crippen LogP contribution in [0.2, 0.25) is 0 Å². The Morgan fingerprint density at radius 3 is 2.88 bits per heavy atom. The molecule has 7 heteroatoms. The SMILES string of the molecule is CC(C)C(NC(=O)c1cc2ccc(Br)cc2[nH]1)c1nc(C2CC2)no1. The standard InChI is InChI=1S/C18H19BrN4O2/c1-9(2)15(18-22-16(23-25-18)10-3-4-10)21-17(24)14-7-11-5-6-12(19)8-13(11)20-14/h5-10,15,20H,3-4H2,1-2H3,(H,21,24). The molecule has 1 saturated carbocycles. The number of halogens is 1. The molecule has 2 N–H and O–H groups in total. The minimum absolute atomic E-state index is 0.134. The highest BCUT2D eigenvalue weighted by molar-refractivity contribution is 9.10. The number of H-pyrrole nitrogens is 1. The molecule has 0 saturated heterocycles. The van der Waals surface area contributed by atoms with Gasteiger partial charge in [-0.25, -0.2) is 0 Å². The second-order valence-electron chi connectivity index (χ2n) is 6.87. The third-order valence-electron chi connectivity index (χ3n) is 4.45. The van der Waals surface area contributed by atoms with Crippen LogP contribution in [0.1, 0.15) is 60.9 Å². The maximum Gasteiger partial charge on any atom is 0.268 e. The number of rotatable bonds is 5. The van der Waals surface area contributed by atoms with Gasteiger partial charge in [0.2, 0.25) is 5.89 Å². The molecule has 4 rings (SSSR count). The molecule has 1 fully saturated rings. The predicted octanol–water partition coefficient (Wildman–Crippen LogP) is 4.32. The molecule has 2 aromatic heterocycles. The van der Waals surface area contributed by atoms with Crippen LogP contribution in [0.4, 0.5) is 0 Å². The number of carbonyl (C=O) groups is 1. The van der Waals surface area contributed by atoms with Crippen molar-refractivity contribution in [1.82, 2.24) is 20.4 Å². The molecule has 6 nitrogen and oxygen atoms in total. The molecule has 3 aromatic rings. The van der Waals surface area contributed by atoms with Gasteiger partial charge in [0.25, 0.3) is 5.91 Å². The van der Waals surface area contributed by atoms with Crippen LogP contribution in [0.3, 0.4) is 0 Å². The molecular weight excluding hydrogens is 384 g/mol. The lowest BCUT2D eigenvalue weighted by atomic mass is 10.0. The maximum absolute atomic E-state index is 12.7. The number of hydrogen-bond donors (Lipinski definition) is 2. The highest BCUT2D eigenvalue weighted by Crippen LogP contribution is 2.38. The van der Waals surface area contributed by atoms with Crippen molar-refractivity contribution in [3.8, 4) is 0 Å². The van der Waals surface area contributed by atoms with E-state index in [9.17, 15) is 4.79 Å². The summed E-state index contributed by atoms with van der Waals surface area (Å²) < 4.78 is 6.37. The Balaban J connectivity index is 1.56. The van der Waals surface area contributed by atoms with E-state index in [4.69, 9.17) is 4.52 Å². The predicted molar refractivity (Wildman–Crippen MR) is 97.3 cm³/mol. The van der Waals surface area contributed by atoms with Crippen molar-refractivity contribution in [2.24, 2.45) is 5.92 Å². The minimum Gasteiger partial charge on any atom is -0.350 e. The van der Waals surface area contributed by atoms with Crippen LogP contribution < -0.4 is 5.32 Å². The number of hydrogen-bond acceptors (Lipinski definition) is 4. The van der Waals surface area contributed by atoms with Crippen molar-refractivity contribution < 1.29 is 9.32 Å². The van der Waals surface area contributed by atoms with Crippen LogP contribution in [0, 0.1) is 5.92 Å². The number of nitrogens with zero attached hydrogens (tertiary/aromatic N) is 2. The van der Waals surface area contributed by atoms with E-state index in [0.717, 1.165) is 34.0 Å². The number of benzene rings is 1. The van der Waals surface area contributed by atoms with Crippen LogP contribution >= 0.6 is 15.9 Å². The van der Waals surface area contributed by atoms with Gasteiger partial charge < -0.3 is 14.8 Å². The molecule has 25 heavy (non-hydrogen) atoms. The fourth-order valence-electron chi connectivity index (χ4n) is 2.84. The summed E-state index contributed by atoms with van der Waals surface area (Å²) in [4.78, 5) is 20.3. The Hall–Kier alpha value is -2.15. The van der Waals surface area contributed by atoms with Gasteiger partial charge in [-0.3, -0.25) is 4.79 Å². The summed E-state index contributed by atoms with van der Waals surface area (Å²) in [6, 6.07) is 7.40. The molecule has 1 atom stereocenters. The molecule has 1 unspecified atom stereocenters. The summed E-state index contributed by atoms with van der Waals surface area (Å²) in [5.41, 5.74) is 1.43. The van der Waals surface area contributed by atoms with E-state index in [1.54, 1.807) is 0 Å². The number of aromatic amines is 1. The first-order valence-electron chi connectivity index (χ1n) is 8.44. The molecule has 1 aliphatic rings. The van der Waals surface area contributed by atoms with Gasteiger partial charge in [0.05, 0.1) is 0 Å². The van der Waals surface area contributed by atoms with Gasteiger partial charge in [-0.15, -0.1) is 0 Å². The van der Waals surface area contributed by atoms with Crippen molar-refractivity contribution >= 4 is 32.7 Å². The molecule has 1 aliphatic carbocycles. The zero-order valence-electron chi connectivity index (χ0n) is 14.0. The van der Waals surface area contributed by atoms with E-state index < -0.39 is 0 Å². The Kier molecular flexibility index (Phi) is 4.11. The molecule has 2 heterocycles. The van der Waals surface area contributed by atoms with Gasteiger partial charge in [0.15, 0.2) is 5.82 Å². The van der Waals surface area contributed by atoms with Crippen LogP contribution in [0.15, 0.2) is 33.3 Å². The Labute approximate surface area is 153 Å². The average molecular weight is 403 g/mol. The zero-order valence-corrected chi connectivity index (χ0v) is 15.6. The van der Waals surface area contributed by atoms with Gasteiger partial charge in [0.1, 0.15) is 11.7 Å². The van der Waals surface area contributed by atoms with Crippen LogP contribution in [0.5, 0.6) is 0 Å². The lowest BCUT2D eigenvalue weighted by Gasteiger charge is -2.18. The maximum atomic E-state index is 12.7. The monoisotopic (exact) mass is 402 g/mol. The van der Waals surface area contributed by atoms with E-state index in [2.05, 4.69) is 36.4 Å². The lowest BCUT2D eigenvalue weighted by molar-refractivity contribution is 0.0909. The topological polar surface area (TPSA) is 83.8 Å². The number of carbonyl (C=O) groups excluding carboxylic acids is 1. The third-order valence-corrected chi connectivity index (χ3v) is 4.94. The second kappa shape index (κ2) is 6.29. The number of nitrogens with one attached hydrogen (secondary N) is 2. The Morgan fingerprint density at radius 1 is 1.36 bits per heavy atom. The molecule has 1 aromatic carbocycles. The molecule has 0 bridgehead atoms. The first kappa shape index (κ1) is 16.3. The van der Waals surface area contributed by atoms with Crippen molar-refractivity contribution in [1.29, 1.82) is 0 Å². The summed E-state index contributed by atoms with van der Waals surface area (Å²) in [6.07, 6.45) is 2.23. The smallest absolute Gasteiger partial charge is 0.268 e.